The van der Waals surface area contributed by atoms with Crippen molar-refractivity contribution in [3.63, 3.8) is 0 Å². The molecule has 1 heterocycles. The molecule has 0 saturated carbocycles. The summed E-state index contributed by atoms with van der Waals surface area (Å²) in [6.07, 6.45) is 0.650. The number of benzene rings is 3. The van der Waals surface area contributed by atoms with Crippen LogP contribution < -0.4 is 14.8 Å². The van der Waals surface area contributed by atoms with Crippen LogP contribution in [0.15, 0.2) is 84.0 Å². The molecule has 1 N–H and O–H groups in total. The Morgan fingerprint density at radius 3 is 2.39 bits per heavy atom. The van der Waals surface area contributed by atoms with E-state index in [4.69, 9.17) is 14.6 Å². The van der Waals surface area contributed by atoms with Crippen LogP contribution in [-0.4, -0.2) is 37.4 Å². The molecule has 0 aliphatic carbocycles. The maximum atomic E-state index is 13.2. The van der Waals surface area contributed by atoms with Crippen molar-refractivity contribution in [1.82, 2.24) is 5.01 Å². The van der Waals surface area contributed by atoms with Crippen LogP contribution in [0, 0.1) is 0 Å². The highest BCUT2D eigenvalue weighted by Gasteiger charge is 2.33. The third-order valence-electron chi connectivity index (χ3n) is 5.31. The Morgan fingerprint density at radius 2 is 1.68 bits per heavy atom. The second kappa shape index (κ2) is 9.34. The van der Waals surface area contributed by atoms with Crippen molar-refractivity contribution in [2.24, 2.45) is 5.10 Å². The van der Waals surface area contributed by atoms with Crippen molar-refractivity contribution in [2.75, 3.05) is 26.1 Å². The van der Waals surface area contributed by atoms with Crippen LogP contribution in [0.1, 0.15) is 23.6 Å². The number of para-hydroxylation sites is 2. The summed E-state index contributed by atoms with van der Waals surface area (Å²) < 4.78 is 10.6. The minimum absolute atomic E-state index is 0.110. The summed E-state index contributed by atoms with van der Waals surface area (Å²) in [5.41, 5.74) is 3.70. The van der Waals surface area contributed by atoms with Crippen molar-refractivity contribution < 1.29 is 14.3 Å². The number of anilines is 1. The Morgan fingerprint density at radius 1 is 0.968 bits per heavy atom. The molecule has 1 aliphatic rings. The van der Waals surface area contributed by atoms with Crippen molar-refractivity contribution in [1.29, 1.82) is 0 Å². The zero-order valence-corrected chi connectivity index (χ0v) is 17.6. The Labute approximate surface area is 182 Å². The summed E-state index contributed by atoms with van der Waals surface area (Å²) in [5, 5.41) is 9.48. The Bertz CT molecular complexity index is 1060. The van der Waals surface area contributed by atoms with Gasteiger partial charge in [-0.15, -0.1) is 0 Å². The molecule has 0 unspecified atom stereocenters. The molecular weight excluding hydrogens is 390 g/mol. The van der Waals surface area contributed by atoms with E-state index in [9.17, 15) is 4.79 Å². The summed E-state index contributed by atoms with van der Waals surface area (Å²) in [4.78, 5) is 13.2. The molecule has 0 saturated heterocycles. The van der Waals surface area contributed by atoms with E-state index < -0.39 is 0 Å². The van der Waals surface area contributed by atoms with Gasteiger partial charge in [0.1, 0.15) is 11.5 Å². The lowest BCUT2D eigenvalue weighted by atomic mass is 9.98. The molecule has 1 aliphatic heterocycles. The maximum absolute atomic E-state index is 13.2. The predicted molar refractivity (Wildman–Crippen MR) is 122 cm³/mol. The molecule has 0 bridgehead atoms. The quantitative estimate of drug-likeness (QED) is 0.617. The smallest absolute Gasteiger partial charge is 0.262 e. The van der Waals surface area contributed by atoms with Crippen LogP contribution in [0.25, 0.3) is 0 Å². The highest BCUT2D eigenvalue weighted by molar-refractivity contribution is 6.03. The summed E-state index contributed by atoms with van der Waals surface area (Å²) in [7, 11) is 3.25. The second-order valence-electron chi connectivity index (χ2n) is 7.20. The zero-order valence-electron chi connectivity index (χ0n) is 17.6. The van der Waals surface area contributed by atoms with Crippen LogP contribution >= 0.6 is 0 Å². The molecule has 6 heteroatoms. The van der Waals surface area contributed by atoms with Crippen LogP contribution in [0.2, 0.25) is 0 Å². The third-order valence-corrected chi connectivity index (χ3v) is 5.31. The average molecular weight is 415 g/mol. The Hall–Kier alpha value is -3.80. The van der Waals surface area contributed by atoms with Crippen molar-refractivity contribution in [3.05, 3.63) is 90.0 Å². The number of nitrogens with zero attached hydrogens (tertiary/aromatic N) is 2. The van der Waals surface area contributed by atoms with Gasteiger partial charge in [0.05, 0.1) is 38.2 Å². The predicted octanol–water partition coefficient (Wildman–Crippen LogP) is 4.49. The lowest BCUT2D eigenvalue weighted by Gasteiger charge is -2.23. The monoisotopic (exact) mass is 415 g/mol. The number of hydrazone groups is 1. The van der Waals surface area contributed by atoms with E-state index in [2.05, 4.69) is 5.32 Å². The van der Waals surface area contributed by atoms with Gasteiger partial charge in [-0.1, -0.05) is 54.6 Å². The van der Waals surface area contributed by atoms with Gasteiger partial charge in [-0.2, -0.15) is 5.10 Å². The van der Waals surface area contributed by atoms with Gasteiger partial charge < -0.3 is 14.8 Å². The van der Waals surface area contributed by atoms with E-state index in [0.29, 0.717) is 12.2 Å². The number of carbonyl (C=O) groups is 1. The summed E-state index contributed by atoms with van der Waals surface area (Å²) in [6, 6.07) is 25.1. The Balaban J connectivity index is 1.58. The average Bonchev–Trinajstić information content (AvgIpc) is 3.29. The molecule has 1 amide bonds. The van der Waals surface area contributed by atoms with Gasteiger partial charge in [0.2, 0.25) is 0 Å². The molecule has 4 rings (SSSR count). The number of hydrogen-bond acceptors (Lipinski definition) is 5. The molecule has 0 radical (unpaired) electrons. The highest BCUT2D eigenvalue weighted by Crippen LogP contribution is 2.34. The van der Waals surface area contributed by atoms with E-state index in [1.807, 2.05) is 78.9 Å². The summed E-state index contributed by atoms with van der Waals surface area (Å²) in [5.74, 6) is 1.36. The molecule has 3 aromatic rings. The van der Waals surface area contributed by atoms with E-state index in [1.54, 1.807) is 19.2 Å². The molecule has 0 aromatic heterocycles. The molecular formula is C25H25N3O3. The topological polar surface area (TPSA) is 63.2 Å². The minimum atomic E-state index is -0.173. The number of ether oxygens (including phenoxy) is 2. The molecule has 0 spiro atoms. The Kier molecular flexibility index (Phi) is 6.17. The minimum Gasteiger partial charge on any atom is -0.497 e. The number of hydrogen-bond donors (Lipinski definition) is 1. The first kappa shape index (κ1) is 20.5. The zero-order chi connectivity index (χ0) is 21.6. The fourth-order valence-electron chi connectivity index (χ4n) is 3.67. The van der Waals surface area contributed by atoms with E-state index >= 15 is 0 Å². The van der Waals surface area contributed by atoms with Gasteiger partial charge in [0, 0.05) is 6.42 Å². The number of carbonyl (C=O) groups excluding carboxylic acids is 1. The number of methoxy groups -OCH3 is 2. The fraction of sp³-hybridized carbons (Fsp3) is 0.200. The SMILES string of the molecule is COc1ccc([C@H]2CC(c3ccccc3)=NN2C(=O)CNc2ccccc2OC)cc1. The highest BCUT2D eigenvalue weighted by atomic mass is 16.5. The number of rotatable bonds is 7. The molecule has 3 aromatic carbocycles. The van der Waals surface area contributed by atoms with Gasteiger partial charge in [-0.25, -0.2) is 5.01 Å². The molecule has 1 atom stereocenters. The maximum Gasteiger partial charge on any atom is 0.262 e. The summed E-state index contributed by atoms with van der Waals surface area (Å²) >= 11 is 0. The van der Waals surface area contributed by atoms with Crippen molar-refractivity contribution >= 4 is 17.3 Å². The van der Waals surface area contributed by atoms with Gasteiger partial charge in [-0.3, -0.25) is 4.79 Å². The summed E-state index contributed by atoms with van der Waals surface area (Å²) in [6.45, 7) is 0.110. The number of nitrogens with one attached hydrogen (secondary N) is 1. The van der Waals surface area contributed by atoms with E-state index in [0.717, 1.165) is 28.3 Å². The van der Waals surface area contributed by atoms with Crippen molar-refractivity contribution in [2.45, 2.75) is 12.5 Å². The normalized spacial score (nSPS) is 15.4. The largest absolute Gasteiger partial charge is 0.497 e. The van der Waals surface area contributed by atoms with Gasteiger partial charge in [-0.05, 0) is 35.4 Å². The van der Waals surface area contributed by atoms with Crippen molar-refractivity contribution in [3.8, 4) is 11.5 Å². The first-order valence-electron chi connectivity index (χ1n) is 10.2. The molecule has 31 heavy (non-hydrogen) atoms. The van der Waals surface area contributed by atoms with E-state index in [1.165, 1.54) is 0 Å². The van der Waals surface area contributed by atoms with Gasteiger partial charge >= 0.3 is 0 Å². The number of amides is 1. The second-order valence-corrected chi connectivity index (χ2v) is 7.20. The lowest BCUT2D eigenvalue weighted by molar-refractivity contribution is -0.131. The first-order valence-corrected chi connectivity index (χ1v) is 10.2. The standard InChI is InChI=1S/C25H25N3O3/c1-30-20-14-12-19(13-15-20)23-16-22(18-8-4-3-5-9-18)27-28(23)25(29)17-26-21-10-6-7-11-24(21)31-2/h3-15,23,26H,16-17H2,1-2H3/t23-/m1/s1. The molecule has 0 fully saturated rings. The molecule has 6 nitrogen and oxygen atoms in total. The lowest BCUT2D eigenvalue weighted by Crippen LogP contribution is -2.32. The van der Waals surface area contributed by atoms with E-state index in [-0.39, 0.29) is 18.5 Å². The van der Waals surface area contributed by atoms with Crippen LogP contribution in [0.3, 0.4) is 0 Å². The fourth-order valence-corrected chi connectivity index (χ4v) is 3.67. The van der Waals surface area contributed by atoms with Crippen LogP contribution in [0.4, 0.5) is 5.69 Å². The molecule has 158 valence electrons. The van der Waals surface area contributed by atoms with Gasteiger partial charge in [0.25, 0.3) is 5.91 Å². The third kappa shape index (κ3) is 4.53. The van der Waals surface area contributed by atoms with Crippen LogP contribution in [0.5, 0.6) is 11.5 Å². The first-order chi connectivity index (χ1) is 15.2. The van der Waals surface area contributed by atoms with Gasteiger partial charge in [0.15, 0.2) is 0 Å². The van der Waals surface area contributed by atoms with Crippen LogP contribution in [-0.2, 0) is 4.79 Å².